The van der Waals surface area contributed by atoms with E-state index in [9.17, 15) is 8.42 Å². The molecule has 0 bridgehead atoms. The van der Waals surface area contributed by atoms with E-state index in [0.29, 0.717) is 19.5 Å². The summed E-state index contributed by atoms with van der Waals surface area (Å²) in [7, 11) is -3.08. The fraction of sp³-hybridized carbons (Fsp3) is 0.538. The standard InChI is InChI=1S/C13H17NO3S2/c1-11-8-14(19(16,17)10-11)9-13-6-5-12(18-13)4-2-3-7-15/h5-6,11,15H,3,7-10H2,1H3. The van der Waals surface area contributed by atoms with Crippen molar-refractivity contribution in [3.8, 4) is 11.8 Å². The Labute approximate surface area is 118 Å². The maximum Gasteiger partial charge on any atom is 0.214 e. The molecule has 0 amide bonds. The smallest absolute Gasteiger partial charge is 0.214 e. The van der Waals surface area contributed by atoms with Crippen LogP contribution < -0.4 is 0 Å². The van der Waals surface area contributed by atoms with E-state index in [0.717, 1.165) is 9.75 Å². The van der Waals surface area contributed by atoms with Crippen molar-refractivity contribution in [3.63, 3.8) is 0 Å². The van der Waals surface area contributed by atoms with Crippen LogP contribution in [0.5, 0.6) is 0 Å². The van der Waals surface area contributed by atoms with E-state index < -0.39 is 10.0 Å². The molecule has 1 saturated heterocycles. The second-order valence-electron chi connectivity index (χ2n) is 4.72. The summed E-state index contributed by atoms with van der Waals surface area (Å²) in [5, 5.41) is 8.65. The molecule has 1 aromatic rings. The summed E-state index contributed by atoms with van der Waals surface area (Å²) >= 11 is 1.51. The van der Waals surface area contributed by atoms with E-state index in [1.54, 1.807) is 4.31 Å². The molecule has 0 spiro atoms. The molecule has 2 heterocycles. The molecule has 1 aliphatic rings. The van der Waals surface area contributed by atoms with Crippen LogP contribution >= 0.6 is 11.3 Å². The molecule has 2 rings (SSSR count). The van der Waals surface area contributed by atoms with Crippen LogP contribution in [-0.4, -0.2) is 36.7 Å². The highest BCUT2D eigenvalue weighted by molar-refractivity contribution is 7.89. The highest BCUT2D eigenvalue weighted by Gasteiger charge is 2.33. The Kier molecular flexibility index (Phi) is 4.63. The van der Waals surface area contributed by atoms with Gasteiger partial charge in [0.25, 0.3) is 0 Å². The molecule has 0 saturated carbocycles. The van der Waals surface area contributed by atoms with E-state index in [2.05, 4.69) is 11.8 Å². The maximum atomic E-state index is 11.9. The van der Waals surface area contributed by atoms with E-state index in [4.69, 9.17) is 5.11 Å². The van der Waals surface area contributed by atoms with Gasteiger partial charge in [-0.25, -0.2) is 8.42 Å². The first-order valence-electron chi connectivity index (χ1n) is 6.17. The van der Waals surface area contributed by atoms with Crippen LogP contribution in [-0.2, 0) is 16.6 Å². The van der Waals surface area contributed by atoms with E-state index in [1.807, 2.05) is 19.1 Å². The SMILES string of the molecule is CC1CN(Cc2ccc(C#CCCO)s2)S(=O)(=O)C1. The molecule has 1 atom stereocenters. The van der Waals surface area contributed by atoms with Crippen LogP contribution in [0.25, 0.3) is 0 Å². The van der Waals surface area contributed by atoms with Crippen molar-refractivity contribution in [1.29, 1.82) is 0 Å². The first kappa shape index (κ1) is 14.5. The number of aliphatic hydroxyl groups excluding tert-OH is 1. The molecule has 104 valence electrons. The summed E-state index contributed by atoms with van der Waals surface area (Å²) in [5.74, 6) is 6.28. The number of hydrogen-bond acceptors (Lipinski definition) is 4. The number of aliphatic hydroxyl groups is 1. The predicted molar refractivity (Wildman–Crippen MR) is 76.3 cm³/mol. The van der Waals surface area contributed by atoms with Gasteiger partial charge in [-0.15, -0.1) is 11.3 Å². The van der Waals surface area contributed by atoms with Crippen LogP contribution in [0.3, 0.4) is 0 Å². The molecule has 0 radical (unpaired) electrons. The lowest BCUT2D eigenvalue weighted by molar-refractivity contribution is 0.305. The van der Waals surface area contributed by atoms with Gasteiger partial charge in [-0.05, 0) is 18.1 Å². The van der Waals surface area contributed by atoms with E-state index in [1.165, 1.54) is 11.3 Å². The zero-order valence-corrected chi connectivity index (χ0v) is 12.4. The summed E-state index contributed by atoms with van der Waals surface area (Å²) in [6, 6.07) is 3.82. The van der Waals surface area contributed by atoms with Gasteiger partial charge in [0, 0.05) is 24.4 Å². The lowest BCUT2D eigenvalue weighted by atomic mass is 10.2. The summed E-state index contributed by atoms with van der Waals surface area (Å²) in [4.78, 5) is 1.92. The van der Waals surface area contributed by atoms with Gasteiger partial charge >= 0.3 is 0 Å². The van der Waals surface area contributed by atoms with Crippen molar-refractivity contribution in [3.05, 3.63) is 21.9 Å². The molecule has 4 nitrogen and oxygen atoms in total. The highest BCUT2D eigenvalue weighted by Crippen LogP contribution is 2.24. The quantitative estimate of drug-likeness (QED) is 0.855. The lowest BCUT2D eigenvalue weighted by Crippen LogP contribution is -2.24. The Hall–Kier alpha value is -0.870. The molecule has 0 aromatic carbocycles. The van der Waals surface area contributed by atoms with Crippen LogP contribution in [0.15, 0.2) is 12.1 Å². The number of sulfonamides is 1. The minimum absolute atomic E-state index is 0.0646. The number of hydrogen-bond donors (Lipinski definition) is 1. The molecule has 1 N–H and O–H groups in total. The van der Waals surface area contributed by atoms with Crippen molar-refractivity contribution < 1.29 is 13.5 Å². The summed E-state index contributed by atoms with van der Waals surface area (Å²) in [6.45, 7) is 3.07. The van der Waals surface area contributed by atoms with E-state index in [-0.39, 0.29) is 18.3 Å². The van der Waals surface area contributed by atoms with Crippen LogP contribution in [0, 0.1) is 17.8 Å². The second kappa shape index (κ2) is 6.06. The molecular formula is C13H17NO3S2. The van der Waals surface area contributed by atoms with Crippen molar-refractivity contribution in [2.24, 2.45) is 5.92 Å². The summed E-state index contributed by atoms with van der Waals surface area (Å²) < 4.78 is 25.3. The monoisotopic (exact) mass is 299 g/mol. The van der Waals surface area contributed by atoms with Crippen LogP contribution in [0.2, 0.25) is 0 Å². The van der Waals surface area contributed by atoms with Gasteiger partial charge in [0.1, 0.15) is 0 Å². The number of thiophene rings is 1. The Morgan fingerprint density at radius 2 is 2.32 bits per heavy atom. The van der Waals surface area contributed by atoms with E-state index >= 15 is 0 Å². The molecule has 0 aliphatic carbocycles. The van der Waals surface area contributed by atoms with Gasteiger partial charge in [-0.3, -0.25) is 0 Å². The topological polar surface area (TPSA) is 57.6 Å². The highest BCUT2D eigenvalue weighted by atomic mass is 32.2. The zero-order valence-electron chi connectivity index (χ0n) is 10.8. The minimum atomic E-state index is -3.08. The third-order valence-corrected chi connectivity index (χ3v) is 5.89. The maximum absolute atomic E-state index is 11.9. The Morgan fingerprint density at radius 1 is 1.53 bits per heavy atom. The van der Waals surface area contributed by atoms with Crippen molar-refractivity contribution in [2.45, 2.75) is 19.9 Å². The Bertz CT molecular complexity index is 595. The first-order chi connectivity index (χ1) is 9.01. The average molecular weight is 299 g/mol. The van der Waals surface area contributed by atoms with Crippen molar-refractivity contribution in [2.75, 3.05) is 18.9 Å². The van der Waals surface area contributed by atoms with Crippen molar-refractivity contribution in [1.82, 2.24) is 4.31 Å². The molecule has 1 unspecified atom stereocenters. The Morgan fingerprint density at radius 3 is 2.95 bits per heavy atom. The van der Waals surface area contributed by atoms with Gasteiger partial charge in [0.05, 0.1) is 17.2 Å². The second-order valence-corrected chi connectivity index (χ2v) is 7.90. The molecule has 1 aromatic heterocycles. The van der Waals surface area contributed by atoms with Gasteiger partial charge in [-0.1, -0.05) is 18.8 Å². The summed E-state index contributed by atoms with van der Waals surface area (Å²) in [6.07, 6.45) is 0.464. The van der Waals surface area contributed by atoms with Gasteiger partial charge in [0.15, 0.2) is 0 Å². The third kappa shape index (κ3) is 3.80. The van der Waals surface area contributed by atoms with Crippen LogP contribution in [0.4, 0.5) is 0 Å². The van der Waals surface area contributed by atoms with Crippen LogP contribution in [0.1, 0.15) is 23.1 Å². The van der Waals surface area contributed by atoms with Gasteiger partial charge in [0.2, 0.25) is 10.0 Å². The predicted octanol–water partition coefficient (Wildman–Crippen LogP) is 1.26. The number of nitrogens with zero attached hydrogens (tertiary/aromatic N) is 1. The first-order valence-corrected chi connectivity index (χ1v) is 8.60. The molecule has 19 heavy (non-hydrogen) atoms. The average Bonchev–Trinajstić information content (AvgIpc) is 2.85. The molecule has 1 fully saturated rings. The summed E-state index contributed by atoms with van der Waals surface area (Å²) in [5.41, 5.74) is 0. The lowest BCUT2D eigenvalue weighted by Gasteiger charge is -2.12. The number of rotatable bonds is 3. The molecular weight excluding hydrogens is 282 g/mol. The fourth-order valence-corrected chi connectivity index (χ4v) is 4.88. The normalized spacial score (nSPS) is 22.1. The molecule has 6 heteroatoms. The third-order valence-electron chi connectivity index (χ3n) is 2.85. The molecule has 1 aliphatic heterocycles. The van der Waals surface area contributed by atoms with Gasteiger partial charge in [-0.2, -0.15) is 4.31 Å². The fourth-order valence-electron chi connectivity index (χ4n) is 2.05. The van der Waals surface area contributed by atoms with Crippen molar-refractivity contribution >= 4 is 21.4 Å². The zero-order chi connectivity index (χ0) is 13.9. The largest absolute Gasteiger partial charge is 0.395 e. The Balaban J connectivity index is 2.03. The minimum Gasteiger partial charge on any atom is -0.395 e. The van der Waals surface area contributed by atoms with Gasteiger partial charge < -0.3 is 5.11 Å².